The molecule has 0 bridgehead atoms. The summed E-state index contributed by atoms with van der Waals surface area (Å²) in [6.45, 7) is 1.84. The van der Waals surface area contributed by atoms with E-state index in [4.69, 9.17) is 0 Å². The van der Waals surface area contributed by atoms with Crippen molar-refractivity contribution >= 4 is 42.7 Å². The van der Waals surface area contributed by atoms with E-state index in [0.29, 0.717) is 21.9 Å². The van der Waals surface area contributed by atoms with Gasteiger partial charge in [-0.15, -0.1) is 0 Å². The molecule has 1 fully saturated rings. The number of nitriles is 1. The SMILES string of the molecule is CCS(=O)(=O)N1CC(CC#N)(n2ncc3c4cc[nH]c5ncc(c(=O)c32)c54)C1. The van der Waals surface area contributed by atoms with Crippen molar-refractivity contribution in [3.63, 3.8) is 0 Å². The summed E-state index contributed by atoms with van der Waals surface area (Å²) in [6.07, 6.45) is 4.98. The molecule has 28 heavy (non-hydrogen) atoms. The predicted octanol–water partition coefficient (Wildman–Crippen LogP) is 1.14. The van der Waals surface area contributed by atoms with Gasteiger partial charge >= 0.3 is 0 Å². The third-order valence-corrected chi connectivity index (χ3v) is 7.42. The Kier molecular flexibility index (Phi) is 3.36. The molecule has 1 aliphatic rings. The van der Waals surface area contributed by atoms with E-state index in [0.717, 1.165) is 10.8 Å². The molecule has 0 spiro atoms. The van der Waals surface area contributed by atoms with Crippen LogP contribution in [0.25, 0.3) is 32.7 Å². The Morgan fingerprint density at radius 3 is 2.79 bits per heavy atom. The molecule has 1 saturated heterocycles. The van der Waals surface area contributed by atoms with Crippen molar-refractivity contribution in [1.82, 2.24) is 24.1 Å². The molecule has 9 nitrogen and oxygen atoms in total. The van der Waals surface area contributed by atoms with Crippen LogP contribution in [0.4, 0.5) is 0 Å². The molecule has 4 heterocycles. The summed E-state index contributed by atoms with van der Waals surface area (Å²) in [5.74, 6) is -0.00712. The van der Waals surface area contributed by atoms with E-state index in [-0.39, 0.29) is 30.7 Å². The summed E-state index contributed by atoms with van der Waals surface area (Å²) >= 11 is 0. The highest BCUT2D eigenvalue weighted by Gasteiger charge is 2.50. The third-order valence-electron chi connectivity index (χ3n) is 5.64. The molecule has 1 aliphatic heterocycles. The zero-order valence-corrected chi connectivity index (χ0v) is 15.8. The number of nitrogens with one attached hydrogen (secondary N) is 1. The van der Waals surface area contributed by atoms with E-state index in [1.165, 1.54) is 4.31 Å². The highest BCUT2D eigenvalue weighted by Crippen LogP contribution is 2.38. The largest absolute Gasteiger partial charge is 0.346 e. The number of hydrogen-bond acceptors (Lipinski definition) is 6. The van der Waals surface area contributed by atoms with Crippen LogP contribution < -0.4 is 5.43 Å². The molecule has 4 aromatic rings. The van der Waals surface area contributed by atoms with Crippen LogP contribution in [-0.4, -0.2) is 51.3 Å². The van der Waals surface area contributed by atoms with E-state index in [1.54, 1.807) is 30.2 Å². The number of aromatic nitrogens is 4. The second-order valence-electron chi connectivity index (χ2n) is 7.16. The highest BCUT2D eigenvalue weighted by molar-refractivity contribution is 7.89. The zero-order chi connectivity index (χ0) is 19.7. The Hall–Kier alpha value is -3.03. The van der Waals surface area contributed by atoms with E-state index in [9.17, 15) is 18.5 Å². The number of pyridine rings is 1. The van der Waals surface area contributed by atoms with E-state index < -0.39 is 15.6 Å². The predicted molar refractivity (Wildman–Crippen MR) is 104 cm³/mol. The van der Waals surface area contributed by atoms with Crippen molar-refractivity contribution in [3.8, 4) is 6.07 Å². The molecule has 0 unspecified atom stereocenters. The van der Waals surface area contributed by atoms with Gasteiger partial charge in [0.1, 0.15) is 16.7 Å². The number of benzene rings is 1. The lowest BCUT2D eigenvalue weighted by Crippen LogP contribution is -2.64. The van der Waals surface area contributed by atoms with Gasteiger partial charge in [0, 0.05) is 36.3 Å². The van der Waals surface area contributed by atoms with Gasteiger partial charge in [-0.3, -0.25) is 9.48 Å². The van der Waals surface area contributed by atoms with Gasteiger partial charge in [0.2, 0.25) is 15.5 Å². The molecule has 0 amide bonds. The van der Waals surface area contributed by atoms with Crippen LogP contribution in [0.1, 0.15) is 13.3 Å². The quantitative estimate of drug-likeness (QED) is 0.551. The summed E-state index contributed by atoms with van der Waals surface area (Å²) in [4.78, 5) is 20.5. The Balaban J connectivity index is 1.77. The summed E-state index contributed by atoms with van der Waals surface area (Å²) in [5, 5.41) is 16.6. The molecular formula is C18H16N6O3S. The summed E-state index contributed by atoms with van der Waals surface area (Å²) < 4.78 is 27.3. The van der Waals surface area contributed by atoms with Crippen molar-refractivity contribution < 1.29 is 8.42 Å². The van der Waals surface area contributed by atoms with Gasteiger partial charge in [0.25, 0.3) is 0 Å². The highest BCUT2D eigenvalue weighted by atomic mass is 32.2. The van der Waals surface area contributed by atoms with Crippen LogP contribution in [0.5, 0.6) is 0 Å². The minimum atomic E-state index is -3.37. The number of rotatable bonds is 4. The van der Waals surface area contributed by atoms with Crippen LogP contribution in [-0.2, 0) is 15.6 Å². The first-order chi connectivity index (χ1) is 13.4. The summed E-state index contributed by atoms with van der Waals surface area (Å²) in [6, 6.07) is 4.00. The third kappa shape index (κ3) is 2.03. The number of hydrogen-bond donors (Lipinski definition) is 1. The summed E-state index contributed by atoms with van der Waals surface area (Å²) in [7, 11) is -3.37. The second kappa shape index (κ2) is 5.50. The van der Waals surface area contributed by atoms with Crippen LogP contribution in [0.2, 0.25) is 0 Å². The molecule has 10 heteroatoms. The van der Waals surface area contributed by atoms with Crippen molar-refractivity contribution in [2.45, 2.75) is 18.9 Å². The van der Waals surface area contributed by atoms with Crippen LogP contribution in [0, 0.1) is 11.3 Å². The fourth-order valence-corrected chi connectivity index (χ4v) is 5.40. The van der Waals surface area contributed by atoms with Gasteiger partial charge in [0.15, 0.2) is 0 Å². The maximum atomic E-state index is 13.2. The topological polar surface area (TPSA) is 125 Å². The maximum Gasteiger partial charge on any atom is 0.214 e. The van der Waals surface area contributed by atoms with E-state index in [1.807, 2.05) is 6.07 Å². The van der Waals surface area contributed by atoms with Crippen molar-refractivity contribution in [2.24, 2.45) is 0 Å². The number of aromatic amines is 1. The van der Waals surface area contributed by atoms with E-state index in [2.05, 4.69) is 21.1 Å². The van der Waals surface area contributed by atoms with E-state index >= 15 is 0 Å². The molecule has 1 aromatic carbocycles. The molecule has 1 N–H and O–H groups in total. The first-order valence-electron chi connectivity index (χ1n) is 8.86. The lowest BCUT2D eigenvalue weighted by Gasteiger charge is -2.48. The zero-order valence-electron chi connectivity index (χ0n) is 15.0. The lowest BCUT2D eigenvalue weighted by atomic mass is 9.89. The van der Waals surface area contributed by atoms with Crippen molar-refractivity contribution in [2.75, 3.05) is 18.8 Å². The number of nitrogens with zero attached hydrogens (tertiary/aromatic N) is 5. The standard InChI is InChI=1S/C18H16N6O3S/c1-2-28(26,27)23-9-18(10-23,4-5-19)24-15-12(8-22-24)11-3-6-20-17-14(11)13(7-21-17)16(15)25/h3,6-8H,2,4,9-10H2,1H3,(H,20,21). The average Bonchev–Trinajstić information content (AvgIpc) is 3.28. The average molecular weight is 396 g/mol. The molecular weight excluding hydrogens is 380 g/mol. The Labute approximate surface area is 159 Å². The Morgan fingerprint density at radius 1 is 1.29 bits per heavy atom. The maximum absolute atomic E-state index is 13.2. The van der Waals surface area contributed by atoms with Gasteiger partial charge in [-0.2, -0.15) is 14.7 Å². The van der Waals surface area contributed by atoms with Gasteiger partial charge in [-0.05, 0) is 18.4 Å². The molecule has 0 aliphatic carbocycles. The fourth-order valence-electron chi connectivity index (χ4n) is 4.16. The lowest BCUT2D eigenvalue weighted by molar-refractivity contribution is 0.0763. The fraction of sp³-hybridized carbons (Fsp3) is 0.333. The summed E-state index contributed by atoms with van der Waals surface area (Å²) in [5.41, 5.74) is -0.0412. The first kappa shape index (κ1) is 17.1. The van der Waals surface area contributed by atoms with Crippen LogP contribution in [0.15, 0.2) is 29.5 Å². The van der Waals surface area contributed by atoms with Gasteiger partial charge < -0.3 is 4.98 Å². The number of fused-ring (bicyclic) bond motifs is 2. The van der Waals surface area contributed by atoms with Gasteiger partial charge in [-0.1, -0.05) is 0 Å². The van der Waals surface area contributed by atoms with Gasteiger partial charge in [0.05, 0.1) is 29.8 Å². The minimum absolute atomic E-state index is 0.00712. The van der Waals surface area contributed by atoms with Crippen molar-refractivity contribution in [3.05, 3.63) is 34.9 Å². The molecule has 0 saturated carbocycles. The molecule has 0 atom stereocenters. The molecule has 142 valence electrons. The van der Waals surface area contributed by atoms with Crippen LogP contribution >= 0.6 is 0 Å². The van der Waals surface area contributed by atoms with Gasteiger partial charge in [-0.25, -0.2) is 13.4 Å². The number of sulfonamides is 1. The first-order valence-corrected chi connectivity index (χ1v) is 10.5. The van der Waals surface area contributed by atoms with Crippen molar-refractivity contribution in [1.29, 1.82) is 5.26 Å². The monoisotopic (exact) mass is 396 g/mol. The Bertz CT molecular complexity index is 1440. The molecule has 3 aromatic heterocycles. The Morgan fingerprint density at radius 2 is 2.07 bits per heavy atom. The number of H-pyrrole nitrogens is 1. The normalized spacial score (nSPS) is 17.3. The smallest absolute Gasteiger partial charge is 0.214 e. The molecule has 0 radical (unpaired) electrons. The van der Waals surface area contributed by atoms with Crippen LogP contribution in [0.3, 0.4) is 0 Å². The second-order valence-corrected chi connectivity index (χ2v) is 9.42. The minimum Gasteiger partial charge on any atom is -0.346 e. The molecule has 5 rings (SSSR count).